The Morgan fingerprint density at radius 1 is 1.30 bits per heavy atom. The summed E-state index contributed by atoms with van der Waals surface area (Å²) in [5.41, 5.74) is 1.84. The number of carboxylic acids is 1. The predicted octanol–water partition coefficient (Wildman–Crippen LogP) is 2.61. The maximum Gasteiger partial charge on any atom is 0.311 e. The first-order valence-corrected chi connectivity index (χ1v) is 6.81. The molecule has 1 aromatic heterocycles. The van der Waals surface area contributed by atoms with E-state index in [1.807, 2.05) is 31.2 Å². The lowest BCUT2D eigenvalue weighted by Gasteiger charge is -2.37. The zero-order chi connectivity index (χ0) is 14.2. The molecule has 1 aromatic carbocycles. The van der Waals surface area contributed by atoms with E-state index in [9.17, 15) is 9.90 Å². The fraction of sp³-hybridized carbons (Fsp3) is 0.400. The number of nitrogens with zero attached hydrogens (tertiary/aromatic N) is 2. The van der Waals surface area contributed by atoms with Crippen molar-refractivity contribution >= 4 is 22.8 Å². The van der Waals surface area contributed by atoms with Gasteiger partial charge >= 0.3 is 5.97 Å². The predicted molar refractivity (Wildman–Crippen MR) is 76.7 cm³/mol. The molecule has 5 heteroatoms. The van der Waals surface area contributed by atoms with Crippen molar-refractivity contribution in [3.05, 3.63) is 30.0 Å². The van der Waals surface area contributed by atoms with Crippen LogP contribution in [0, 0.1) is 12.3 Å². The third kappa shape index (κ3) is 2.09. The van der Waals surface area contributed by atoms with Crippen LogP contribution in [0.4, 0.5) is 5.82 Å². The number of hydrogen-bond acceptors (Lipinski definition) is 4. The molecule has 1 aliphatic rings. The second kappa shape index (κ2) is 4.74. The maximum absolute atomic E-state index is 11.3. The fourth-order valence-electron chi connectivity index (χ4n) is 2.58. The molecule has 5 nitrogen and oxygen atoms in total. The van der Waals surface area contributed by atoms with E-state index in [0.29, 0.717) is 12.4 Å². The SMILES string of the molecule is Cc1nc2ccccc2nc1NCC1(C(=O)O)CCC1. The number of aliphatic carboxylic acids is 1. The number of anilines is 1. The highest BCUT2D eigenvalue weighted by molar-refractivity contribution is 5.78. The van der Waals surface area contributed by atoms with Gasteiger partial charge in [-0.05, 0) is 31.9 Å². The van der Waals surface area contributed by atoms with Crippen LogP contribution in [0.1, 0.15) is 25.0 Å². The summed E-state index contributed by atoms with van der Waals surface area (Å²) in [7, 11) is 0. The Morgan fingerprint density at radius 2 is 1.95 bits per heavy atom. The first kappa shape index (κ1) is 12.8. The number of fused-ring (bicyclic) bond motifs is 1. The fourth-order valence-corrected chi connectivity index (χ4v) is 2.58. The van der Waals surface area contributed by atoms with E-state index in [4.69, 9.17) is 0 Å². The van der Waals surface area contributed by atoms with Gasteiger partial charge in [0.05, 0.1) is 22.1 Å². The standard InChI is InChI=1S/C15H17N3O2/c1-10-13(16-9-15(14(19)20)7-4-8-15)18-12-6-3-2-5-11(12)17-10/h2-3,5-6H,4,7-9H2,1H3,(H,16,18)(H,19,20). The van der Waals surface area contributed by atoms with Crippen LogP contribution in [-0.2, 0) is 4.79 Å². The number of para-hydroxylation sites is 2. The van der Waals surface area contributed by atoms with Crippen molar-refractivity contribution in [1.82, 2.24) is 9.97 Å². The Kier molecular flexibility index (Phi) is 3.04. The Balaban J connectivity index is 1.84. The van der Waals surface area contributed by atoms with Gasteiger partial charge in [-0.15, -0.1) is 0 Å². The van der Waals surface area contributed by atoms with Crippen LogP contribution >= 0.6 is 0 Å². The van der Waals surface area contributed by atoms with Gasteiger partial charge in [-0.3, -0.25) is 4.79 Å². The zero-order valence-electron chi connectivity index (χ0n) is 11.4. The van der Waals surface area contributed by atoms with Gasteiger partial charge in [-0.1, -0.05) is 18.6 Å². The molecule has 1 aliphatic carbocycles. The Bertz CT molecular complexity index is 665. The quantitative estimate of drug-likeness (QED) is 0.894. The molecule has 0 radical (unpaired) electrons. The Labute approximate surface area is 117 Å². The molecular formula is C15H17N3O2. The van der Waals surface area contributed by atoms with E-state index in [1.165, 1.54) is 0 Å². The molecule has 0 spiro atoms. The average Bonchev–Trinajstić information content (AvgIpc) is 2.37. The van der Waals surface area contributed by atoms with E-state index in [1.54, 1.807) is 0 Å². The highest BCUT2D eigenvalue weighted by Gasteiger charge is 2.44. The molecule has 1 heterocycles. The number of hydrogen-bond donors (Lipinski definition) is 2. The Hall–Kier alpha value is -2.17. The van der Waals surface area contributed by atoms with Gasteiger partial charge in [0.15, 0.2) is 0 Å². The van der Waals surface area contributed by atoms with E-state index in [2.05, 4.69) is 15.3 Å². The molecule has 0 aliphatic heterocycles. The largest absolute Gasteiger partial charge is 0.481 e. The number of nitrogens with one attached hydrogen (secondary N) is 1. The lowest BCUT2D eigenvalue weighted by Crippen LogP contribution is -2.43. The molecule has 3 rings (SSSR count). The van der Waals surface area contributed by atoms with Gasteiger partial charge < -0.3 is 10.4 Å². The maximum atomic E-state index is 11.3. The number of aryl methyl sites for hydroxylation is 1. The molecule has 0 bridgehead atoms. The minimum atomic E-state index is -0.720. The summed E-state index contributed by atoms with van der Waals surface area (Å²) in [6, 6.07) is 7.67. The summed E-state index contributed by atoms with van der Waals surface area (Å²) in [6.07, 6.45) is 2.45. The monoisotopic (exact) mass is 271 g/mol. The molecule has 20 heavy (non-hydrogen) atoms. The smallest absolute Gasteiger partial charge is 0.311 e. The van der Waals surface area contributed by atoms with E-state index < -0.39 is 11.4 Å². The number of aromatic nitrogens is 2. The second-order valence-electron chi connectivity index (χ2n) is 5.44. The molecular weight excluding hydrogens is 254 g/mol. The average molecular weight is 271 g/mol. The summed E-state index contributed by atoms with van der Waals surface area (Å²) in [5.74, 6) is -0.0427. The molecule has 0 unspecified atom stereocenters. The van der Waals surface area contributed by atoms with Crippen molar-refractivity contribution in [2.24, 2.45) is 5.41 Å². The van der Waals surface area contributed by atoms with Crippen LogP contribution in [0.2, 0.25) is 0 Å². The molecule has 0 saturated heterocycles. The van der Waals surface area contributed by atoms with Crippen LogP contribution in [-0.4, -0.2) is 27.6 Å². The van der Waals surface area contributed by atoms with Crippen molar-refractivity contribution in [2.45, 2.75) is 26.2 Å². The molecule has 1 saturated carbocycles. The zero-order valence-corrected chi connectivity index (χ0v) is 11.4. The van der Waals surface area contributed by atoms with Crippen LogP contribution in [0.5, 0.6) is 0 Å². The second-order valence-corrected chi connectivity index (χ2v) is 5.44. The summed E-state index contributed by atoms with van der Waals surface area (Å²) in [5, 5.41) is 12.5. The summed E-state index contributed by atoms with van der Waals surface area (Å²) in [6.45, 7) is 2.30. The molecule has 1 fully saturated rings. The van der Waals surface area contributed by atoms with Gasteiger partial charge in [0.1, 0.15) is 5.82 Å². The highest BCUT2D eigenvalue weighted by Crippen LogP contribution is 2.41. The first-order chi connectivity index (χ1) is 9.61. The number of benzene rings is 1. The molecule has 0 atom stereocenters. The van der Waals surface area contributed by atoms with E-state index in [0.717, 1.165) is 36.0 Å². The Morgan fingerprint density at radius 3 is 2.50 bits per heavy atom. The van der Waals surface area contributed by atoms with Crippen LogP contribution < -0.4 is 5.32 Å². The molecule has 2 N–H and O–H groups in total. The van der Waals surface area contributed by atoms with Gasteiger partial charge in [-0.2, -0.15) is 0 Å². The van der Waals surface area contributed by atoms with E-state index in [-0.39, 0.29) is 0 Å². The lowest BCUT2D eigenvalue weighted by molar-refractivity contribution is -0.153. The summed E-state index contributed by atoms with van der Waals surface area (Å²) >= 11 is 0. The van der Waals surface area contributed by atoms with Crippen molar-refractivity contribution in [3.8, 4) is 0 Å². The third-order valence-corrected chi connectivity index (χ3v) is 4.10. The van der Waals surface area contributed by atoms with Gasteiger partial charge in [0, 0.05) is 6.54 Å². The molecule has 2 aromatic rings. The van der Waals surface area contributed by atoms with Gasteiger partial charge in [-0.25, -0.2) is 9.97 Å². The molecule has 104 valence electrons. The minimum absolute atomic E-state index is 0.413. The van der Waals surface area contributed by atoms with Crippen LogP contribution in [0.15, 0.2) is 24.3 Å². The number of carboxylic acid groups (broad SMARTS) is 1. The van der Waals surface area contributed by atoms with Crippen LogP contribution in [0.25, 0.3) is 11.0 Å². The van der Waals surface area contributed by atoms with Crippen molar-refractivity contribution in [3.63, 3.8) is 0 Å². The minimum Gasteiger partial charge on any atom is -0.481 e. The van der Waals surface area contributed by atoms with Crippen molar-refractivity contribution in [2.75, 3.05) is 11.9 Å². The van der Waals surface area contributed by atoms with Gasteiger partial charge in [0.2, 0.25) is 0 Å². The number of rotatable bonds is 4. The third-order valence-electron chi connectivity index (χ3n) is 4.10. The van der Waals surface area contributed by atoms with E-state index >= 15 is 0 Å². The van der Waals surface area contributed by atoms with Crippen molar-refractivity contribution in [1.29, 1.82) is 0 Å². The summed E-state index contributed by atoms with van der Waals surface area (Å²) in [4.78, 5) is 20.4. The molecule has 0 amide bonds. The number of carbonyl (C=O) groups is 1. The van der Waals surface area contributed by atoms with Gasteiger partial charge in [0.25, 0.3) is 0 Å². The normalized spacial score (nSPS) is 16.6. The summed E-state index contributed by atoms with van der Waals surface area (Å²) < 4.78 is 0. The topological polar surface area (TPSA) is 75.1 Å². The first-order valence-electron chi connectivity index (χ1n) is 6.81. The highest BCUT2D eigenvalue weighted by atomic mass is 16.4. The van der Waals surface area contributed by atoms with Crippen LogP contribution in [0.3, 0.4) is 0 Å². The lowest BCUT2D eigenvalue weighted by atomic mass is 9.69. The van der Waals surface area contributed by atoms with Crippen molar-refractivity contribution < 1.29 is 9.90 Å².